The molecule has 4 rings (SSSR count). The van der Waals surface area contributed by atoms with Crippen molar-refractivity contribution in [3.8, 4) is 22.3 Å². The number of nitrogen functional groups attached to an aromatic ring is 1. The van der Waals surface area contributed by atoms with E-state index in [1.807, 2.05) is 35.6 Å². The number of halogens is 3. The highest BCUT2D eigenvalue weighted by Crippen LogP contribution is 2.37. The average Bonchev–Trinajstić information content (AvgIpc) is 3.40. The number of alkyl halides is 1. The fourth-order valence-corrected chi connectivity index (χ4v) is 5.31. The molecule has 2 aromatic heterocycles. The van der Waals surface area contributed by atoms with Crippen LogP contribution in [0.5, 0.6) is 0 Å². The van der Waals surface area contributed by atoms with E-state index < -0.39 is 17.0 Å². The molecule has 3 N–H and O–H groups in total. The summed E-state index contributed by atoms with van der Waals surface area (Å²) in [6.45, 7) is 7.17. The molecule has 0 bridgehead atoms. The van der Waals surface area contributed by atoms with Gasteiger partial charge in [0.2, 0.25) is 0 Å². The molecule has 0 aliphatic rings. The summed E-state index contributed by atoms with van der Waals surface area (Å²) in [5.74, 6) is 1.28. The van der Waals surface area contributed by atoms with Crippen LogP contribution >= 0.6 is 45.2 Å². The molecule has 0 unspecified atom stereocenters. The van der Waals surface area contributed by atoms with Gasteiger partial charge < -0.3 is 20.1 Å². The molecule has 2 heterocycles. The molecule has 0 aliphatic heterocycles. The number of rotatable bonds is 5. The number of nitro groups is 2. The average molecular weight is 767 g/mol. The van der Waals surface area contributed by atoms with Crippen LogP contribution in [0.4, 0.5) is 27.1 Å². The van der Waals surface area contributed by atoms with E-state index in [0.29, 0.717) is 32.0 Å². The monoisotopic (exact) mass is 767 g/mol. The van der Waals surface area contributed by atoms with Gasteiger partial charge in [0, 0.05) is 37.4 Å². The zero-order valence-electron chi connectivity index (χ0n) is 22.5. The van der Waals surface area contributed by atoms with E-state index in [4.69, 9.17) is 16.2 Å². The number of anilines is 2. The maximum absolute atomic E-state index is 11.1. The first-order valence-electron chi connectivity index (χ1n) is 11.6. The summed E-state index contributed by atoms with van der Waals surface area (Å²) in [6, 6.07) is 6.66. The van der Waals surface area contributed by atoms with E-state index in [0.717, 1.165) is 26.0 Å². The molecule has 0 radical (unpaired) electrons. The summed E-state index contributed by atoms with van der Waals surface area (Å²) in [5, 5.41) is 32.7. The van der Waals surface area contributed by atoms with Crippen LogP contribution < -0.4 is 11.1 Å². The first-order chi connectivity index (χ1) is 18.8. The van der Waals surface area contributed by atoms with E-state index in [9.17, 15) is 24.6 Å². The summed E-state index contributed by atoms with van der Waals surface area (Å²) in [7, 11) is 0.667. The van der Waals surface area contributed by atoms with Gasteiger partial charge in [0.15, 0.2) is 0 Å². The lowest BCUT2D eigenvalue weighted by atomic mass is 10.0. The predicted molar refractivity (Wildman–Crippen MR) is 163 cm³/mol. The Kier molecular flexibility index (Phi) is 10.6. The number of nitro benzene ring substituents is 2. The van der Waals surface area contributed by atoms with Crippen molar-refractivity contribution in [1.29, 1.82) is 0 Å². The molecular weight excluding hydrogens is 741 g/mol. The number of nitrogens with two attached hydrogens (primary N) is 1. The fraction of sp³-hybridized carbons (Fsp3) is 0.250. The Hall–Kier alpha value is -3.35. The molecular formula is C24H25FI2N6O6. The van der Waals surface area contributed by atoms with Gasteiger partial charge in [0.25, 0.3) is 11.4 Å². The molecule has 2 aromatic carbocycles. The summed E-state index contributed by atoms with van der Waals surface area (Å²) in [5.41, 5.74) is 10.8. The second kappa shape index (κ2) is 13.6. The Morgan fingerprint density at radius 1 is 0.897 bits per heavy atom. The third-order valence-electron chi connectivity index (χ3n) is 5.46. The number of hydrogen-bond acceptors (Lipinski definition) is 10. The lowest BCUT2D eigenvalue weighted by Gasteiger charge is -2.08. The van der Waals surface area contributed by atoms with Crippen molar-refractivity contribution in [2.24, 2.45) is 0 Å². The van der Waals surface area contributed by atoms with E-state index >= 15 is 0 Å². The minimum Gasteiger partial charge on any atom is -0.392 e. The topological polar surface area (TPSA) is 176 Å². The van der Waals surface area contributed by atoms with Crippen molar-refractivity contribution >= 4 is 67.9 Å². The smallest absolute Gasteiger partial charge is 0.294 e. The molecule has 0 fully saturated rings. The molecule has 0 spiro atoms. The Morgan fingerprint density at radius 3 is 1.67 bits per heavy atom. The van der Waals surface area contributed by atoms with Gasteiger partial charge >= 0.3 is 0 Å². The molecule has 0 saturated carbocycles. The number of nitrogens with one attached hydrogen (secondary N) is 1. The maximum atomic E-state index is 11.1. The van der Waals surface area contributed by atoms with Crippen LogP contribution in [0.3, 0.4) is 0 Å². The van der Waals surface area contributed by atoms with Crippen LogP contribution in [0, 0.1) is 55.1 Å². The quantitative estimate of drug-likeness (QED) is 0.0918. The molecule has 15 heteroatoms. The normalized spacial score (nSPS) is 10.5. The minimum absolute atomic E-state index is 0.0457. The SMILES string of the molecule is CNc1c(I)cc(-c2c(C)noc2C)cc1[N+](=O)[O-].Cc1noc(C)c1-c1cc(I)c(N)c([N+](=O)[O-])c1.[2H]CF. The highest BCUT2D eigenvalue weighted by Gasteiger charge is 2.22. The van der Waals surface area contributed by atoms with E-state index in [2.05, 4.69) is 38.2 Å². The molecule has 0 aliphatic carbocycles. The first kappa shape index (κ1) is 30.2. The number of aromatic nitrogens is 2. The Labute approximate surface area is 251 Å². The van der Waals surface area contributed by atoms with Gasteiger partial charge in [-0.3, -0.25) is 24.6 Å². The molecule has 4 aromatic rings. The number of hydrogen-bond donors (Lipinski definition) is 2. The zero-order valence-corrected chi connectivity index (χ0v) is 25.8. The maximum Gasteiger partial charge on any atom is 0.294 e. The standard InChI is InChI=1S/C12H12IN3O3.C11H10IN3O3.CH3F/c1-6-11(7(2)19-15-6)8-4-9(13)12(14-3)10(5-8)16(17)18;1-5-10(6(2)18-14-5)7-3-8(12)11(13)9(4-7)15(16)17;1-2/h4-5,14H,1-3H3;3-4H,13H2,1-2H3;1H3/i;;1D. The van der Waals surface area contributed by atoms with Gasteiger partial charge in [-0.2, -0.15) is 0 Å². The number of aryl methyl sites for hydroxylation is 4. The molecule has 0 amide bonds. The van der Waals surface area contributed by atoms with Crippen LogP contribution in [-0.2, 0) is 0 Å². The van der Waals surface area contributed by atoms with E-state index in [-0.39, 0.29) is 17.1 Å². The summed E-state index contributed by atoms with van der Waals surface area (Å²) in [6.07, 6.45) is 0. The van der Waals surface area contributed by atoms with Gasteiger partial charge in [-0.05, 0) is 96.1 Å². The molecule has 39 heavy (non-hydrogen) atoms. The second-order valence-corrected chi connectivity index (χ2v) is 10.2. The highest BCUT2D eigenvalue weighted by molar-refractivity contribution is 14.1. The largest absolute Gasteiger partial charge is 0.392 e. The lowest BCUT2D eigenvalue weighted by molar-refractivity contribution is -0.384. The summed E-state index contributed by atoms with van der Waals surface area (Å²) in [4.78, 5) is 21.2. The van der Waals surface area contributed by atoms with E-state index in [1.54, 1.807) is 40.0 Å². The van der Waals surface area contributed by atoms with Gasteiger partial charge in [-0.25, -0.2) is 0 Å². The molecule has 0 atom stereocenters. The third kappa shape index (κ3) is 7.00. The molecule has 208 valence electrons. The Bertz CT molecular complexity index is 1510. The van der Waals surface area contributed by atoms with Crippen LogP contribution in [0.15, 0.2) is 33.3 Å². The third-order valence-corrected chi connectivity index (χ3v) is 7.21. The van der Waals surface area contributed by atoms with Crippen molar-refractivity contribution in [1.82, 2.24) is 10.3 Å². The summed E-state index contributed by atoms with van der Waals surface area (Å²) < 4.78 is 27.1. The van der Waals surface area contributed by atoms with Gasteiger partial charge in [-0.15, -0.1) is 0 Å². The van der Waals surface area contributed by atoms with Gasteiger partial charge in [-0.1, -0.05) is 10.3 Å². The van der Waals surface area contributed by atoms with Crippen molar-refractivity contribution < 1.29 is 24.7 Å². The van der Waals surface area contributed by atoms with E-state index in [1.165, 1.54) is 6.07 Å². The van der Waals surface area contributed by atoms with Crippen LogP contribution in [0.2, 0.25) is 0 Å². The molecule has 0 saturated heterocycles. The first-order valence-corrected chi connectivity index (χ1v) is 13.0. The Morgan fingerprint density at radius 2 is 1.31 bits per heavy atom. The second-order valence-electron chi connectivity index (χ2n) is 7.91. The predicted octanol–water partition coefficient (Wildman–Crippen LogP) is 7.15. The van der Waals surface area contributed by atoms with Crippen molar-refractivity contribution in [3.05, 3.63) is 74.5 Å². The van der Waals surface area contributed by atoms with Crippen molar-refractivity contribution in [3.63, 3.8) is 0 Å². The van der Waals surface area contributed by atoms with Crippen LogP contribution in [0.1, 0.15) is 24.3 Å². The fourth-order valence-electron chi connectivity index (χ4n) is 3.82. The lowest BCUT2D eigenvalue weighted by Crippen LogP contribution is -2.00. The van der Waals surface area contributed by atoms with Gasteiger partial charge in [0.1, 0.15) is 22.9 Å². The highest BCUT2D eigenvalue weighted by atomic mass is 127. The Balaban J connectivity index is 0.000000256. The van der Waals surface area contributed by atoms with Crippen LogP contribution in [0.25, 0.3) is 22.3 Å². The van der Waals surface area contributed by atoms with Gasteiger partial charge in [0.05, 0.1) is 29.8 Å². The summed E-state index contributed by atoms with van der Waals surface area (Å²) >= 11 is 4.05. The van der Waals surface area contributed by atoms with Crippen LogP contribution in [-0.4, -0.2) is 34.4 Å². The minimum atomic E-state index is -1.00. The van der Waals surface area contributed by atoms with Crippen molar-refractivity contribution in [2.45, 2.75) is 27.7 Å². The number of nitrogens with zero attached hydrogens (tertiary/aromatic N) is 4. The molecule has 12 nitrogen and oxygen atoms in total. The number of benzene rings is 2. The van der Waals surface area contributed by atoms with Crippen molar-refractivity contribution in [2.75, 3.05) is 25.3 Å². The zero-order chi connectivity index (χ0) is 30.3.